The Morgan fingerprint density at radius 3 is 2.85 bits per heavy atom. The molecule has 0 radical (unpaired) electrons. The summed E-state index contributed by atoms with van der Waals surface area (Å²) in [5, 5.41) is 0. The van der Waals surface area contributed by atoms with Gasteiger partial charge in [-0.1, -0.05) is 18.2 Å². The molecule has 3 rings (SSSR count). The van der Waals surface area contributed by atoms with Crippen molar-refractivity contribution in [3.05, 3.63) is 58.4 Å². The quantitative estimate of drug-likeness (QED) is 0.927. The van der Waals surface area contributed by atoms with Crippen molar-refractivity contribution in [1.29, 1.82) is 0 Å². The van der Waals surface area contributed by atoms with Crippen molar-refractivity contribution in [2.75, 3.05) is 0 Å². The summed E-state index contributed by atoms with van der Waals surface area (Å²) in [5.74, 6) is 0.790. The van der Waals surface area contributed by atoms with Crippen LogP contribution < -0.4 is 10.5 Å². The fraction of sp³-hybridized carbons (Fsp3) is 0.353. The highest BCUT2D eigenvalue weighted by molar-refractivity contribution is 5.35. The van der Waals surface area contributed by atoms with E-state index in [2.05, 4.69) is 23.2 Å². The molecule has 0 atom stereocenters. The van der Waals surface area contributed by atoms with E-state index in [1.807, 2.05) is 19.1 Å². The Balaban J connectivity index is 1.73. The molecule has 0 bridgehead atoms. The van der Waals surface area contributed by atoms with Gasteiger partial charge in [0.2, 0.25) is 0 Å². The summed E-state index contributed by atoms with van der Waals surface area (Å²) in [4.78, 5) is 4.41. The Labute approximate surface area is 119 Å². The van der Waals surface area contributed by atoms with Crippen LogP contribution in [0, 0.1) is 6.92 Å². The van der Waals surface area contributed by atoms with Crippen LogP contribution in [0.2, 0.25) is 0 Å². The SMILES string of the molecule is Cc1ccc(OCc2ccc3c(c2)CCC3)c(CN)n1. The summed E-state index contributed by atoms with van der Waals surface area (Å²) in [5.41, 5.74) is 11.7. The fourth-order valence-corrected chi connectivity index (χ4v) is 2.75. The van der Waals surface area contributed by atoms with Crippen molar-refractivity contribution in [2.45, 2.75) is 39.3 Å². The zero-order valence-corrected chi connectivity index (χ0v) is 11.9. The minimum atomic E-state index is 0.404. The highest BCUT2D eigenvalue weighted by atomic mass is 16.5. The molecule has 0 amide bonds. The molecule has 0 saturated heterocycles. The maximum Gasteiger partial charge on any atom is 0.142 e. The summed E-state index contributed by atoms with van der Waals surface area (Å²) in [6.07, 6.45) is 3.69. The molecule has 20 heavy (non-hydrogen) atoms. The third kappa shape index (κ3) is 2.68. The Morgan fingerprint density at radius 2 is 2.00 bits per heavy atom. The number of fused-ring (bicyclic) bond motifs is 1. The normalized spacial score (nSPS) is 13.3. The van der Waals surface area contributed by atoms with Gasteiger partial charge in [0.15, 0.2) is 0 Å². The third-order valence-electron chi connectivity index (χ3n) is 3.82. The second-order valence-electron chi connectivity index (χ2n) is 5.35. The summed E-state index contributed by atoms with van der Waals surface area (Å²) in [7, 11) is 0. The van der Waals surface area contributed by atoms with Crippen LogP contribution >= 0.6 is 0 Å². The number of pyridine rings is 1. The van der Waals surface area contributed by atoms with Gasteiger partial charge in [0.1, 0.15) is 12.4 Å². The lowest BCUT2D eigenvalue weighted by molar-refractivity contribution is 0.301. The molecule has 1 aliphatic carbocycles. The minimum Gasteiger partial charge on any atom is -0.487 e. The third-order valence-corrected chi connectivity index (χ3v) is 3.82. The number of aromatic nitrogens is 1. The predicted octanol–water partition coefficient (Wildman–Crippen LogP) is 2.92. The largest absolute Gasteiger partial charge is 0.487 e. The smallest absolute Gasteiger partial charge is 0.142 e. The highest BCUT2D eigenvalue weighted by Gasteiger charge is 2.11. The molecular formula is C17H20N2O. The van der Waals surface area contributed by atoms with Crippen molar-refractivity contribution in [3.63, 3.8) is 0 Å². The summed E-state index contributed by atoms with van der Waals surface area (Å²) < 4.78 is 5.89. The first kappa shape index (κ1) is 13.1. The van der Waals surface area contributed by atoms with Crippen molar-refractivity contribution in [2.24, 2.45) is 5.73 Å². The second kappa shape index (κ2) is 5.63. The van der Waals surface area contributed by atoms with Gasteiger partial charge >= 0.3 is 0 Å². The number of nitrogens with zero attached hydrogens (tertiary/aromatic N) is 1. The molecule has 0 fully saturated rings. The van der Waals surface area contributed by atoms with Crippen LogP contribution in [0.1, 0.15) is 34.5 Å². The number of benzene rings is 1. The van der Waals surface area contributed by atoms with Gasteiger partial charge in [-0.25, -0.2) is 0 Å². The van der Waals surface area contributed by atoms with E-state index < -0.39 is 0 Å². The van der Waals surface area contributed by atoms with Gasteiger partial charge in [0, 0.05) is 12.2 Å². The molecular weight excluding hydrogens is 248 g/mol. The van der Waals surface area contributed by atoms with Gasteiger partial charge in [0.05, 0.1) is 5.69 Å². The van der Waals surface area contributed by atoms with E-state index in [0.29, 0.717) is 13.2 Å². The van der Waals surface area contributed by atoms with Crippen LogP contribution in [0.5, 0.6) is 5.75 Å². The number of ether oxygens (including phenoxy) is 1. The molecule has 2 aromatic rings. The Kier molecular flexibility index (Phi) is 3.70. The summed E-state index contributed by atoms with van der Waals surface area (Å²) in [6, 6.07) is 10.6. The van der Waals surface area contributed by atoms with Gasteiger partial charge in [-0.15, -0.1) is 0 Å². The van der Waals surface area contributed by atoms with Gasteiger partial charge < -0.3 is 10.5 Å². The molecule has 0 unspecified atom stereocenters. The van der Waals surface area contributed by atoms with Crippen LogP contribution in [-0.4, -0.2) is 4.98 Å². The first-order valence-electron chi connectivity index (χ1n) is 7.16. The Morgan fingerprint density at radius 1 is 1.15 bits per heavy atom. The summed E-state index contributed by atoms with van der Waals surface area (Å²) >= 11 is 0. The lowest BCUT2D eigenvalue weighted by Crippen LogP contribution is -2.06. The van der Waals surface area contributed by atoms with E-state index in [1.54, 1.807) is 0 Å². The van der Waals surface area contributed by atoms with Gasteiger partial charge in [-0.3, -0.25) is 4.98 Å². The zero-order valence-electron chi connectivity index (χ0n) is 11.9. The van der Waals surface area contributed by atoms with E-state index in [4.69, 9.17) is 10.5 Å². The molecule has 0 saturated carbocycles. The lowest BCUT2D eigenvalue weighted by Gasteiger charge is -2.11. The maximum absolute atomic E-state index is 5.89. The standard InChI is InChI=1S/C17H20N2O/c1-12-5-8-17(16(10-18)19-12)20-11-13-6-7-14-3-2-4-15(14)9-13/h5-9H,2-4,10-11,18H2,1H3. The zero-order chi connectivity index (χ0) is 13.9. The first-order valence-corrected chi connectivity index (χ1v) is 7.16. The van der Waals surface area contributed by atoms with E-state index >= 15 is 0 Å². The Hall–Kier alpha value is -1.87. The van der Waals surface area contributed by atoms with Crippen molar-refractivity contribution < 1.29 is 4.74 Å². The molecule has 2 N–H and O–H groups in total. The van der Waals surface area contributed by atoms with E-state index in [-0.39, 0.29) is 0 Å². The molecule has 1 aromatic heterocycles. The van der Waals surface area contributed by atoms with Gasteiger partial charge in [0.25, 0.3) is 0 Å². The number of rotatable bonds is 4. The van der Waals surface area contributed by atoms with Crippen LogP contribution in [0.25, 0.3) is 0 Å². The van der Waals surface area contributed by atoms with Crippen LogP contribution in [0.15, 0.2) is 30.3 Å². The van der Waals surface area contributed by atoms with E-state index in [9.17, 15) is 0 Å². The topological polar surface area (TPSA) is 48.1 Å². The predicted molar refractivity (Wildman–Crippen MR) is 79.7 cm³/mol. The average Bonchev–Trinajstić information content (AvgIpc) is 2.93. The maximum atomic E-state index is 5.89. The number of hydrogen-bond acceptors (Lipinski definition) is 3. The molecule has 1 aliphatic rings. The highest BCUT2D eigenvalue weighted by Crippen LogP contribution is 2.24. The lowest BCUT2D eigenvalue weighted by atomic mass is 10.1. The second-order valence-corrected chi connectivity index (χ2v) is 5.35. The molecule has 3 nitrogen and oxygen atoms in total. The van der Waals surface area contributed by atoms with Crippen molar-refractivity contribution in [1.82, 2.24) is 4.98 Å². The first-order chi connectivity index (χ1) is 9.76. The van der Waals surface area contributed by atoms with E-state index in [1.165, 1.54) is 36.0 Å². The number of hydrogen-bond donors (Lipinski definition) is 1. The molecule has 3 heteroatoms. The van der Waals surface area contributed by atoms with Gasteiger partial charge in [-0.05, 0) is 55.0 Å². The average molecular weight is 268 g/mol. The van der Waals surface area contributed by atoms with E-state index in [0.717, 1.165) is 17.1 Å². The summed E-state index contributed by atoms with van der Waals surface area (Å²) in [6.45, 7) is 2.94. The number of nitrogens with two attached hydrogens (primary N) is 1. The van der Waals surface area contributed by atoms with Crippen molar-refractivity contribution in [3.8, 4) is 5.75 Å². The van der Waals surface area contributed by atoms with Crippen LogP contribution in [0.4, 0.5) is 0 Å². The number of aryl methyl sites for hydroxylation is 3. The monoisotopic (exact) mass is 268 g/mol. The molecule has 0 spiro atoms. The Bertz CT molecular complexity index is 622. The van der Waals surface area contributed by atoms with Crippen molar-refractivity contribution >= 4 is 0 Å². The van der Waals surface area contributed by atoms with Crippen LogP contribution in [0.3, 0.4) is 0 Å². The molecule has 1 aromatic carbocycles. The van der Waals surface area contributed by atoms with Crippen LogP contribution in [-0.2, 0) is 26.0 Å². The minimum absolute atomic E-state index is 0.404. The molecule has 104 valence electrons. The van der Waals surface area contributed by atoms with Gasteiger partial charge in [-0.2, -0.15) is 0 Å². The molecule has 0 aliphatic heterocycles. The fourth-order valence-electron chi connectivity index (χ4n) is 2.75. The molecule has 1 heterocycles.